The molecular formula is C21H32Cl2O2. The summed E-state index contributed by atoms with van der Waals surface area (Å²) in [5, 5.41) is 0.998. The molecule has 25 heavy (non-hydrogen) atoms. The van der Waals surface area contributed by atoms with Crippen molar-refractivity contribution in [1.82, 2.24) is 0 Å². The van der Waals surface area contributed by atoms with Crippen LogP contribution in [0.4, 0.5) is 0 Å². The van der Waals surface area contributed by atoms with Gasteiger partial charge in [0.2, 0.25) is 0 Å². The van der Waals surface area contributed by atoms with E-state index in [1.165, 1.54) is 57.8 Å². The number of hydrogen-bond donors (Lipinski definition) is 0. The fraction of sp³-hybridized carbons (Fsp3) is 0.667. The van der Waals surface area contributed by atoms with E-state index in [2.05, 4.69) is 6.92 Å². The second-order valence-electron chi connectivity index (χ2n) is 6.69. The van der Waals surface area contributed by atoms with Crippen LogP contribution >= 0.6 is 23.2 Å². The summed E-state index contributed by atoms with van der Waals surface area (Å²) >= 11 is 11.8. The second-order valence-corrected chi connectivity index (χ2v) is 7.51. The van der Waals surface area contributed by atoms with Gasteiger partial charge < -0.3 is 4.74 Å². The molecule has 1 aromatic rings. The van der Waals surface area contributed by atoms with Crippen LogP contribution in [-0.4, -0.2) is 5.97 Å². The minimum atomic E-state index is -0.137. The van der Waals surface area contributed by atoms with E-state index in [4.69, 9.17) is 27.9 Å². The molecule has 0 aliphatic heterocycles. The lowest BCUT2D eigenvalue weighted by Crippen LogP contribution is -2.04. The van der Waals surface area contributed by atoms with E-state index in [0.717, 1.165) is 18.4 Å². The molecule has 2 nitrogen and oxygen atoms in total. The standard InChI is InChI=1S/C21H32Cl2O2/c1-2-3-4-5-6-7-8-9-10-11-12-13-21(24)25-17-18-14-15-19(22)20(23)16-18/h14-16H,2-13,17H2,1H3. The summed E-state index contributed by atoms with van der Waals surface area (Å²) < 4.78 is 5.27. The lowest BCUT2D eigenvalue weighted by atomic mass is 10.1. The third-order valence-corrected chi connectivity index (χ3v) is 5.11. The van der Waals surface area contributed by atoms with Crippen molar-refractivity contribution in [2.24, 2.45) is 0 Å². The Morgan fingerprint density at radius 1 is 0.840 bits per heavy atom. The average Bonchev–Trinajstić information content (AvgIpc) is 2.60. The average molecular weight is 387 g/mol. The Hall–Kier alpha value is -0.730. The van der Waals surface area contributed by atoms with E-state index in [1.807, 2.05) is 6.07 Å². The summed E-state index contributed by atoms with van der Waals surface area (Å²) in [7, 11) is 0. The molecule has 1 rings (SSSR count). The Labute approximate surface area is 163 Å². The number of carbonyl (C=O) groups is 1. The van der Waals surface area contributed by atoms with Gasteiger partial charge in [-0.05, 0) is 24.1 Å². The van der Waals surface area contributed by atoms with Crippen molar-refractivity contribution >= 4 is 29.2 Å². The summed E-state index contributed by atoms with van der Waals surface area (Å²) in [6.07, 6.45) is 14.6. The van der Waals surface area contributed by atoms with Gasteiger partial charge in [0.15, 0.2) is 0 Å². The van der Waals surface area contributed by atoms with Gasteiger partial charge in [-0.2, -0.15) is 0 Å². The van der Waals surface area contributed by atoms with Gasteiger partial charge in [0.25, 0.3) is 0 Å². The SMILES string of the molecule is CCCCCCCCCCCCCC(=O)OCc1ccc(Cl)c(Cl)c1. The first kappa shape index (κ1) is 22.3. The van der Waals surface area contributed by atoms with Crippen LogP contribution in [0.2, 0.25) is 10.0 Å². The first-order valence-corrected chi connectivity index (χ1v) is 10.5. The van der Waals surface area contributed by atoms with Gasteiger partial charge in [-0.1, -0.05) is 100 Å². The molecular weight excluding hydrogens is 355 g/mol. The maximum Gasteiger partial charge on any atom is 0.306 e. The van der Waals surface area contributed by atoms with E-state index in [0.29, 0.717) is 16.5 Å². The smallest absolute Gasteiger partial charge is 0.306 e. The number of rotatable bonds is 14. The molecule has 0 saturated heterocycles. The van der Waals surface area contributed by atoms with Crippen LogP contribution in [0.25, 0.3) is 0 Å². The lowest BCUT2D eigenvalue weighted by Gasteiger charge is -2.06. The van der Waals surface area contributed by atoms with Crippen LogP contribution in [0.1, 0.15) is 89.5 Å². The van der Waals surface area contributed by atoms with Crippen LogP contribution in [0.3, 0.4) is 0 Å². The number of halogens is 2. The predicted molar refractivity (Wildman–Crippen MR) is 107 cm³/mol. The molecule has 0 unspecified atom stereocenters. The molecule has 0 aliphatic rings. The Kier molecular flexibility index (Phi) is 12.9. The van der Waals surface area contributed by atoms with Crippen LogP contribution in [0, 0.1) is 0 Å². The molecule has 0 N–H and O–H groups in total. The molecule has 0 saturated carbocycles. The van der Waals surface area contributed by atoms with Gasteiger partial charge in [-0.3, -0.25) is 4.79 Å². The number of ether oxygens (including phenoxy) is 1. The van der Waals surface area contributed by atoms with E-state index >= 15 is 0 Å². The minimum Gasteiger partial charge on any atom is -0.461 e. The molecule has 1 aromatic carbocycles. The topological polar surface area (TPSA) is 26.3 Å². The Bertz CT molecular complexity index is 489. The maximum atomic E-state index is 11.7. The van der Waals surface area contributed by atoms with Crippen LogP contribution in [-0.2, 0) is 16.1 Å². The van der Waals surface area contributed by atoms with Crippen LogP contribution < -0.4 is 0 Å². The molecule has 0 heterocycles. The largest absolute Gasteiger partial charge is 0.461 e. The normalized spacial score (nSPS) is 10.8. The number of carbonyl (C=O) groups excluding carboxylic acids is 1. The van der Waals surface area contributed by atoms with Crippen molar-refractivity contribution in [2.45, 2.75) is 90.6 Å². The zero-order valence-corrected chi connectivity index (χ0v) is 17.0. The zero-order valence-electron chi connectivity index (χ0n) is 15.5. The highest BCUT2D eigenvalue weighted by molar-refractivity contribution is 6.42. The number of hydrogen-bond acceptors (Lipinski definition) is 2. The fourth-order valence-electron chi connectivity index (χ4n) is 2.80. The summed E-state index contributed by atoms with van der Waals surface area (Å²) in [6.45, 7) is 2.51. The van der Waals surface area contributed by atoms with E-state index in [-0.39, 0.29) is 12.6 Å². The Balaban J connectivity index is 1.94. The number of benzene rings is 1. The monoisotopic (exact) mass is 386 g/mol. The number of esters is 1. The maximum absolute atomic E-state index is 11.7. The molecule has 0 spiro atoms. The van der Waals surface area contributed by atoms with E-state index < -0.39 is 0 Å². The summed E-state index contributed by atoms with van der Waals surface area (Å²) in [5.74, 6) is -0.137. The highest BCUT2D eigenvalue weighted by Crippen LogP contribution is 2.23. The van der Waals surface area contributed by atoms with Crippen molar-refractivity contribution in [3.63, 3.8) is 0 Å². The number of unbranched alkanes of at least 4 members (excludes halogenated alkanes) is 10. The molecule has 0 radical (unpaired) electrons. The Morgan fingerprint density at radius 2 is 1.40 bits per heavy atom. The molecule has 0 aromatic heterocycles. The first-order chi connectivity index (χ1) is 12.1. The summed E-state index contributed by atoms with van der Waals surface area (Å²) in [6, 6.07) is 5.28. The molecule has 0 fully saturated rings. The van der Waals surface area contributed by atoms with Crippen molar-refractivity contribution in [3.8, 4) is 0 Å². The predicted octanol–water partition coefficient (Wildman–Crippen LogP) is 7.74. The van der Waals surface area contributed by atoms with Gasteiger partial charge in [0.1, 0.15) is 6.61 Å². The minimum absolute atomic E-state index is 0.137. The van der Waals surface area contributed by atoms with Gasteiger partial charge in [0.05, 0.1) is 10.0 Å². The van der Waals surface area contributed by atoms with Gasteiger partial charge >= 0.3 is 5.97 Å². The third kappa shape index (κ3) is 11.5. The van der Waals surface area contributed by atoms with Crippen LogP contribution in [0.15, 0.2) is 18.2 Å². The summed E-state index contributed by atoms with van der Waals surface area (Å²) in [4.78, 5) is 11.7. The van der Waals surface area contributed by atoms with Gasteiger partial charge in [-0.25, -0.2) is 0 Å². The molecule has 0 amide bonds. The zero-order chi connectivity index (χ0) is 18.3. The van der Waals surface area contributed by atoms with E-state index in [9.17, 15) is 4.79 Å². The van der Waals surface area contributed by atoms with Crippen molar-refractivity contribution in [3.05, 3.63) is 33.8 Å². The third-order valence-electron chi connectivity index (χ3n) is 4.37. The highest BCUT2D eigenvalue weighted by Gasteiger charge is 2.05. The molecule has 0 atom stereocenters. The summed E-state index contributed by atoms with van der Waals surface area (Å²) in [5.41, 5.74) is 0.863. The first-order valence-electron chi connectivity index (χ1n) is 9.73. The van der Waals surface area contributed by atoms with Crippen molar-refractivity contribution < 1.29 is 9.53 Å². The quantitative estimate of drug-likeness (QED) is 0.241. The Morgan fingerprint density at radius 3 is 1.96 bits per heavy atom. The molecule has 142 valence electrons. The highest BCUT2D eigenvalue weighted by atomic mass is 35.5. The van der Waals surface area contributed by atoms with E-state index in [1.54, 1.807) is 12.1 Å². The molecule has 0 bridgehead atoms. The fourth-order valence-corrected chi connectivity index (χ4v) is 3.12. The molecule has 0 aliphatic carbocycles. The lowest BCUT2D eigenvalue weighted by molar-refractivity contribution is -0.145. The second kappa shape index (κ2) is 14.4. The van der Waals surface area contributed by atoms with Crippen molar-refractivity contribution in [1.29, 1.82) is 0 Å². The molecule has 4 heteroatoms. The van der Waals surface area contributed by atoms with Crippen molar-refractivity contribution in [2.75, 3.05) is 0 Å². The van der Waals surface area contributed by atoms with Gasteiger partial charge in [0, 0.05) is 6.42 Å². The van der Waals surface area contributed by atoms with Gasteiger partial charge in [-0.15, -0.1) is 0 Å². The van der Waals surface area contributed by atoms with Crippen LogP contribution in [0.5, 0.6) is 0 Å².